The fourth-order valence-corrected chi connectivity index (χ4v) is 2.37. The van der Waals surface area contributed by atoms with Gasteiger partial charge in [-0.2, -0.15) is 0 Å². The standard InChI is InChI=1S/C19H19BrFNO4/c1-13(23)17-11-15(21)5-8-18(17)26-12-19(24)22(2)9-10-25-16-6-3-14(20)4-7-16/h3-8,11H,9-10,12H2,1-2H3. The highest BCUT2D eigenvalue weighted by Gasteiger charge is 2.14. The van der Waals surface area contributed by atoms with Crippen LogP contribution >= 0.6 is 15.9 Å². The average molecular weight is 424 g/mol. The van der Waals surface area contributed by atoms with Crippen molar-refractivity contribution < 1.29 is 23.5 Å². The molecule has 0 saturated carbocycles. The van der Waals surface area contributed by atoms with Gasteiger partial charge in [-0.25, -0.2) is 4.39 Å². The van der Waals surface area contributed by atoms with Gasteiger partial charge in [-0.1, -0.05) is 15.9 Å². The molecule has 0 bridgehead atoms. The van der Waals surface area contributed by atoms with E-state index in [0.29, 0.717) is 18.9 Å². The van der Waals surface area contributed by atoms with Crippen molar-refractivity contribution in [2.45, 2.75) is 6.92 Å². The molecule has 0 unspecified atom stereocenters. The van der Waals surface area contributed by atoms with Crippen LogP contribution in [0.2, 0.25) is 0 Å². The van der Waals surface area contributed by atoms with Crippen molar-refractivity contribution >= 4 is 27.6 Å². The van der Waals surface area contributed by atoms with E-state index in [2.05, 4.69) is 15.9 Å². The molecule has 138 valence electrons. The summed E-state index contributed by atoms with van der Waals surface area (Å²) in [5.74, 6) is -0.239. The Hall–Kier alpha value is -2.41. The van der Waals surface area contributed by atoms with E-state index in [9.17, 15) is 14.0 Å². The predicted molar refractivity (Wildman–Crippen MR) is 99.2 cm³/mol. The molecular formula is C19H19BrFNO4. The number of likely N-dealkylation sites (N-methyl/N-ethyl adjacent to an activating group) is 1. The number of halogens is 2. The van der Waals surface area contributed by atoms with E-state index >= 15 is 0 Å². The second-order valence-electron chi connectivity index (χ2n) is 5.60. The fourth-order valence-electron chi connectivity index (χ4n) is 2.11. The van der Waals surface area contributed by atoms with Gasteiger partial charge in [-0.15, -0.1) is 0 Å². The van der Waals surface area contributed by atoms with Gasteiger partial charge in [0.1, 0.15) is 23.9 Å². The molecule has 26 heavy (non-hydrogen) atoms. The summed E-state index contributed by atoms with van der Waals surface area (Å²) in [6.45, 7) is 1.77. The minimum atomic E-state index is -0.531. The lowest BCUT2D eigenvalue weighted by Crippen LogP contribution is -2.34. The van der Waals surface area contributed by atoms with Gasteiger partial charge in [0.15, 0.2) is 12.4 Å². The van der Waals surface area contributed by atoms with Crippen molar-refractivity contribution in [1.29, 1.82) is 0 Å². The van der Waals surface area contributed by atoms with Crippen LogP contribution in [0.5, 0.6) is 11.5 Å². The third-order valence-corrected chi connectivity index (χ3v) is 4.14. The van der Waals surface area contributed by atoms with Crippen LogP contribution in [0.4, 0.5) is 4.39 Å². The Morgan fingerprint density at radius 3 is 2.46 bits per heavy atom. The van der Waals surface area contributed by atoms with Gasteiger partial charge in [-0.05, 0) is 49.4 Å². The summed E-state index contributed by atoms with van der Waals surface area (Å²) in [5.41, 5.74) is 0.110. The van der Waals surface area contributed by atoms with Crippen LogP contribution in [0.1, 0.15) is 17.3 Å². The highest BCUT2D eigenvalue weighted by atomic mass is 79.9. The third-order valence-electron chi connectivity index (χ3n) is 3.61. The van der Waals surface area contributed by atoms with Gasteiger partial charge in [0.2, 0.25) is 0 Å². The number of carbonyl (C=O) groups is 2. The molecule has 0 spiro atoms. The zero-order chi connectivity index (χ0) is 19.1. The second kappa shape index (κ2) is 9.33. The van der Waals surface area contributed by atoms with E-state index < -0.39 is 5.82 Å². The first-order valence-electron chi connectivity index (χ1n) is 7.92. The van der Waals surface area contributed by atoms with Gasteiger partial charge >= 0.3 is 0 Å². The Morgan fingerprint density at radius 1 is 1.12 bits per heavy atom. The topological polar surface area (TPSA) is 55.8 Å². The van der Waals surface area contributed by atoms with Gasteiger partial charge in [0.05, 0.1) is 12.1 Å². The molecule has 0 aliphatic carbocycles. The maximum atomic E-state index is 13.2. The Kier molecular flexibility index (Phi) is 7.15. The van der Waals surface area contributed by atoms with Crippen LogP contribution < -0.4 is 9.47 Å². The summed E-state index contributed by atoms with van der Waals surface area (Å²) in [6.07, 6.45) is 0. The third kappa shape index (κ3) is 5.84. The predicted octanol–water partition coefficient (Wildman–Crippen LogP) is 3.71. The zero-order valence-electron chi connectivity index (χ0n) is 14.5. The van der Waals surface area contributed by atoms with Crippen molar-refractivity contribution in [1.82, 2.24) is 4.90 Å². The lowest BCUT2D eigenvalue weighted by atomic mass is 10.1. The smallest absolute Gasteiger partial charge is 0.260 e. The van der Waals surface area contributed by atoms with Gasteiger partial charge in [-0.3, -0.25) is 9.59 Å². The molecule has 0 atom stereocenters. The van der Waals surface area contributed by atoms with Crippen LogP contribution in [0.15, 0.2) is 46.9 Å². The molecule has 0 heterocycles. The van der Waals surface area contributed by atoms with Crippen LogP contribution in [0, 0.1) is 5.82 Å². The van der Waals surface area contributed by atoms with E-state index in [-0.39, 0.29) is 29.6 Å². The second-order valence-corrected chi connectivity index (χ2v) is 6.52. The number of benzene rings is 2. The summed E-state index contributed by atoms with van der Waals surface area (Å²) in [4.78, 5) is 25.1. The number of nitrogens with zero attached hydrogens (tertiary/aromatic N) is 1. The summed E-state index contributed by atoms with van der Waals surface area (Å²) >= 11 is 3.35. The van der Waals surface area contributed by atoms with Crippen LogP contribution in [0.3, 0.4) is 0 Å². The number of carbonyl (C=O) groups excluding carboxylic acids is 2. The maximum absolute atomic E-state index is 13.2. The van der Waals surface area contributed by atoms with Crippen molar-refractivity contribution in [3.8, 4) is 11.5 Å². The zero-order valence-corrected chi connectivity index (χ0v) is 16.1. The number of hydrogen-bond acceptors (Lipinski definition) is 4. The van der Waals surface area contributed by atoms with E-state index in [4.69, 9.17) is 9.47 Å². The summed E-state index contributed by atoms with van der Waals surface area (Å²) < 4.78 is 25.2. The minimum absolute atomic E-state index is 0.110. The molecule has 2 aromatic carbocycles. The molecular weight excluding hydrogens is 405 g/mol. The Bertz CT molecular complexity index is 780. The first-order chi connectivity index (χ1) is 12.4. The average Bonchev–Trinajstić information content (AvgIpc) is 2.61. The molecule has 5 nitrogen and oxygen atoms in total. The summed E-state index contributed by atoms with van der Waals surface area (Å²) in [5, 5.41) is 0. The number of hydrogen-bond donors (Lipinski definition) is 0. The molecule has 0 N–H and O–H groups in total. The molecule has 1 amide bonds. The summed E-state index contributed by atoms with van der Waals surface area (Å²) in [6, 6.07) is 11.0. The van der Waals surface area contributed by atoms with Crippen LogP contribution in [-0.2, 0) is 4.79 Å². The van der Waals surface area contributed by atoms with Crippen molar-refractivity contribution in [3.05, 3.63) is 58.3 Å². The Morgan fingerprint density at radius 2 is 1.81 bits per heavy atom. The van der Waals surface area contributed by atoms with Gasteiger partial charge in [0, 0.05) is 11.5 Å². The van der Waals surface area contributed by atoms with Crippen molar-refractivity contribution in [2.24, 2.45) is 0 Å². The lowest BCUT2D eigenvalue weighted by molar-refractivity contribution is -0.132. The molecule has 2 rings (SSSR count). The first kappa shape index (κ1) is 19.9. The van der Waals surface area contributed by atoms with E-state index in [1.54, 1.807) is 7.05 Å². The van der Waals surface area contributed by atoms with Crippen LogP contribution in [-0.4, -0.2) is 43.4 Å². The molecule has 0 aliphatic rings. The van der Waals surface area contributed by atoms with Gasteiger partial charge in [0.25, 0.3) is 5.91 Å². The molecule has 0 saturated heterocycles. The monoisotopic (exact) mass is 423 g/mol. The highest BCUT2D eigenvalue weighted by molar-refractivity contribution is 9.10. The first-order valence-corrected chi connectivity index (χ1v) is 8.71. The number of amides is 1. The Balaban J connectivity index is 1.82. The quantitative estimate of drug-likeness (QED) is 0.607. The highest BCUT2D eigenvalue weighted by Crippen LogP contribution is 2.20. The van der Waals surface area contributed by atoms with E-state index in [1.165, 1.54) is 24.0 Å². The molecule has 0 fully saturated rings. The molecule has 0 aliphatic heterocycles. The normalized spacial score (nSPS) is 10.3. The Labute approximate surface area is 159 Å². The van der Waals surface area contributed by atoms with Crippen molar-refractivity contribution in [3.63, 3.8) is 0 Å². The molecule has 0 radical (unpaired) electrons. The molecule has 0 aromatic heterocycles. The number of Topliss-reactive ketones (excluding diaryl/α,β-unsaturated/α-hetero) is 1. The lowest BCUT2D eigenvalue weighted by Gasteiger charge is -2.18. The molecule has 2 aromatic rings. The minimum Gasteiger partial charge on any atom is -0.492 e. The maximum Gasteiger partial charge on any atom is 0.260 e. The molecule has 7 heteroatoms. The fraction of sp³-hybridized carbons (Fsp3) is 0.263. The van der Waals surface area contributed by atoms with E-state index in [0.717, 1.165) is 10.5 Å². The van der Waals surface area contributed by atoms with Crippen LogP contribution in [0.25, 0.3) is 0 Å². The largest absolute Gasteiger partial charge is 0.492 e. The van der Waals surface area contributed by atoms with Crippen molar-refractivity contribution in [2.75, 3.05) is 26.8 Å². The number of ketones is 1. The van der Waals surface area contributed by atoms with E-state index in [1.807, 2.05) is 24.3 Å². The summed E-state index contributed by atoms with van der Waals surface area (Å²) in [7, 11) is 1.63. The number of rotatable bonds is 8. The SMILES string of the molecule is CC(=O)c1cc(F)ccc1OCC(=O)N(C)CCOc1ccc(Br)cc1. The van der Waals surface area contributed by atoms with Gasteiger partial charge < -0.3 is 14.4 Å². The number of ether oxygens (including phenoxy) is 2.